The van der Waals surface area contributed by atoms with Gasteiger partial charge >= 0.3 is 0 Å². The summed E-state index contributed by atoms with van der Waals surface area (Å²) in [7, 11) is 1.51. The van der Waals surface area contributed by atoms with Gasteiger partial charge in [-0.25, -0.2) is 4.39 Å². The first-order valence-corrected chi connectivity index (χ1v) is 7.96. The van der Waals surface area contributed by atoms with Crippen molar-refractivity contribution in [2.24, 2.45) is 17.8 Å². The second-order valence-corrected chi connectivity index (χ2v) is 6.34. The van der Waals surface area contributed by atoms with Crippen molar-refractivity contribution in [1.29, 1.82) is 0 Å². The van der Waals surface area contributed by atoms with Crippen LogP contribution in [-0.4, -0.2) is 7.11 Å². The first-order valence-electron chi connectivity index (χ1n) is 7.96. The third-order valence-electron chi connectivity index (χ3n) is 5.05. The Bertz CT molecular complexity index is 421. The molecule has 1 aliphatic rings. The van der Waals surface area contributed by atoms with Crippen LogP contribution < -0.4 is 4.74 Å². The van der Waals surface area contributed by atoms with Gasteiger partial charge in [0.15, 0.2) is 11.6 Å². The number of methoxy groups -OCH3 is 1. The third-order valence-corrected chi connectivity index (χ3v) is 5.05. The molecule has 0 aliphatic heterocycles. The zero-order chi connectivity index (χ0) is 14.5. The number of hydrogen-bond acceptors (Lipinski definition) is 1. The van der Waals surface area contributed by atoms with Crippen LogP contribution in [0, 0.1) is 23.6 Å². The lowest BCUT2D eigenvalue weighted by Crippen LogP contribution is -2.21. The van der Waals surface area contributed by atoms with Gasteiger partial charge in [-0.2, -0.15) is 0 Å². The maximum Gasteiger partial charge on any atom is 0.165 e. The van der Waals surface area contributed by atoms with Crippen molar-refractivity contribution in [3.63, 3.8) is 0 Å². The molecule has 0 heterocycles. The lowest BCUT2D eigenvalue weighted by molar-refractivity contribution is 0.210. The van der Waals surface area contributed by atoms with Gasteiger partial charge in [-0.15, -0.1) is 0 Å². The minimum Gasteiger partial charge on any atom is -0.494 e. The van der Waals surface area contributed by atoms with Crippen molar-refractivity contribution in [3.05, 3.63) is 29.6 Å². The fourth-order valence-electron chi connectivity index (χ4n) is 3.54. The summed E-state index contributed by atoms with van der Waals surface area (Å²) in [5.74, 6) is 2.48. The van der Waals surface area contributed by atoms with E-state index in [-0.39, 0.29) is 5.82 Å². The van der Waals surface area contributed by atoms with E-state index in [2.05, 4.69) is 13.8 Å². The van der Waals surface area contributed by atoms with Gasteiger partial charge in [0.1, 0.15) is 0 Å². The Morgan fingerprint density at radius 3 is 2.50 bits per heavy atom. The molecule has 1 aliphatic carbocycles. The zero-order valence-electron chi connectivity index (χ0n) is 13.0. The van der Waals surface area contributed by atoms with Crippen molar-refractivity contribution in [1.82, 2.24) is 0 Å². The Morgan fingerprint density at radius 1 is 1.25 bits per heavy atom. The zero-order valence-corrected chi connectivity index (χ0v) is 13.0. The quantitative estimate of drug-likeness (QED) is 0.716. The average molecular weight is 278 g/mol. The fourth-order valence-corrected chi connectivity index (χ4v) is 3.54. The molecule has 1 fully saturated rings. The van der Waals surface area contributed by atoms with Crippen LogP contribution in [0.5, 0.6) is 5.75 Å². The number of ether oxygens (including phenoxy) is 1. The summed E-state index contributed by atoms with van der Waals surface area (Å²) >= 11 is 0. The second-order valence-electron chi connectivity index (χ2n) is 6.34. The van der Waals surface area contributed by atoms with E-state index in [1.54, 1.807) is 12.1 Å². The molecular weight excluding hydrogens is 251 g/mol. The van der Waals surface area contributed by atoms with Gasteiger partial charge < -0.3 is 4.74 Å². The molecule has 0 radical (unpaired) electrons. The molecule has 0 N–H and O–H groups in total. The number of benzene rings is 1. The van der Waals surface area contributed by atoms with Crippen LogP contribution in [-0.2, 0) is 6.42 Å². The highest BCUT2D eigenvalue weighted by molar-refractivity contribution is 5.29. The summed E-state index contributed by atoms with van der Waals surface area (Å²) in [6.07, 6.45) is 7.74. The predicted molar refractivity (Wildman–Crippen MR) is 81.6 cm³/mol. The van der Waals surface area contributed by atoms with E-state index in [9.17, 15) is 4.39 Å². The van der Waals surface area contributed by atoms with E-state index in [4.69, 9.17) is 4.74 Å². The fraction of sp³-hybridized carbons (Fsp3) is 0.667. The lowest BCUT2D eigenvalue weighted by atomic mass is 9.74. The summed E-state index contributed by atoms with van der Waals surface area (Å²) in [6.45, 7) is 4.62. The Hall–Kier alpha value is -1.05. The van der Waals surface area contributed by atoms with Crippen LogP contribution in [0.2, 0.25) is 0 Å². The topological polar surface area (TPSA) is 9.23 Å². The summed E-state index contributed by atoms with van der Waals surface area (Å²) in [5, 5.41) is 0. The van der Waals surface area contributed by atoms with Crippen LogP contribution >= 0.6 is 0 Å². The van der Waals surface area contributed by atoms with Crippen molar-refractivity contribution < 1.29 is 9.13 Å². The first kappa shape index (κ1) is 15.3. The maximum absolute atomic E-state index is 13.7. The predicted octanol–water partition coefficient (Wildman–Crippen LogP) is 5.23. The number of halogens is 1. The Kier molecular flexibility index (Phi) is 5.45. The van der Waals surface area contributed by atoms with Crippen molar-refractivity contribution >= 4 is 0 Å². The van der Waals surface area contributed by atoms with Crippen molar-refractivity contribution in [2.45, 2.75) is 52.4 Å². The normalized spacial score (nSPS) is 24.4. The second kappa shape index (κ2) is 7.10. The molecule has 0 bridgehead atoms. The average Bonchev–Trinajstić information content (AvgIpc) is 2.47. The molecule has 0 aromatic heterocycles. The standard InChI is InChI=1S/C18H27FO/c1-4-14-5-8-16(9-6-14)13(2)11-15-7-10-18(20-3)17(19)12-15/h7,10,12-14,16H,4-6,8-9,11H2,1-3H3. The Balaban J connectivity index is 1.91. The molecule has 20 heavy (non-hydrogen) atoms. The van der Waals surface area contributed by atoms with Crippen LogP contribution in [0.25, 0.3) is 0 Å². The van der Waals surface area contributed by atoms with Crippen LogP contribution in [0.4, 0.5) is 4.39 Å². The molecule has 1 nitrogen and oxygen atoms in total. The molecule has 1 atom stereocenters. The Morgan fingerprint density at radius 2 is 1.95 bits per heavy atom. The number of hydrogen-bond donors (Lipinski definition) is 0. The Labute approximate surface area is 122 Å². The third kappa shape index (κ3) is 3.74. The van der Waals surface area contributed by atoms with Crippen LogP contribution in [0.15, 0.2) is 18.2 Å². The minimum atomic E-state index is -0.244. The molecule has 0 spiro atoms. The smallest absolute Gasteiger partial charge is 0.165 e. The minimum absolute atomic E-state index is 0.244. The highest BCUT2D eigenvalue weighted by Gasteiger charge is 2.24. The van der Waals surface area contributed by atoms with Gasteiger partial charge in [0, 0.05) is 0 Å². The van der Waals surface area contributed by atoms with E-state index in [1.165, 1.54) is 39.2 Å². The van der Waals surface area contributed by atoms with Crippen LogP contribution in [0.1, 0.15) is 51.5 Å². The summed E-state index contributed by atoms with van der Waals surface area (Å²) < 4.78 is 18.7. The van der Waals surface area contributed by atoms with Gasteiger partial charge in [-0.1, -0.05) is 39.2 Å². The van der Waals surface area contributed by atoms with E-state index in [1.807, 2.05) is 6.07 Å². The molecule has 2 heteroatoms. The van der Waals surface area contributed by atoms with Gasteiger partial charge in [0.2, 0.25) is 0 Å². The number of rotatable bonds is 5. The molecule has 0 saturated heterocycles. The molecule has 112 valence electrons. The highest BCUT2D eigenvalue weighted by atomic mass is 19.1. The SMILES string of the molecule is CCC1CCC(C(C)Cc2ccc(OC)c(F)c2)CC1. The van der Waals surface area contributed by atoms with Gasteiger partial charge in [0.25, 0.3) is 0 Å². The molecule has 0 amide bonds. The summed E-state index contributed by atoms with van der Waals surface area (Å²) in [6, 6.07) is 5.37. The molecule has 2 rings (SSSR count). The van der Waals surface area contributed by atoms with Gasteiger partial charge in [-0.3, -0.25) is 0 Å². The van der Waals surface area contributed by atoms with Crippen LogP contribution in [0.3, 0.4) is 0 Å². The van der Waals surface area contributed by atoms with Crippen molar-refractivity contribution in [3.8, 4) is 5.75 Å². The van der Waals surface area contributed by atoms with E-state index < -0.39 is 0 Å². The molecule has 1 aromatic rings. The van der Waals surface area contributed by atoms with Gasteiger partial charge in [-0.05, 0) is 54.7 Å². The van der Waals surface area contributed by atoms with E-state index >= 15 is 0 Å². The van der Waals surface area contributed by atoms with Gasteiger partial charge in [0.05, 0.1) is 7.11 Å². The van der Waals surface area contributed by atoms with Crippen molar-refractivity contribution in [2.75, 3.05) is 7.11 Å². The van der Waals surface area contributed by atoms with E-state index in [0.29, 0.717) is 11.7 Å². The molecular formula is C18H27FO. The monoisotopic (exact) mass is 278 g/mol. The largest absolute Gasteiger partial charge is 0.494 e. The highest BCUT2D eigenvalue weighted by Crippen LogP contribution is 2.36. The molecule has 1 unspecified atom stereocenters. The summed E-state index contributed by atoms with van der Waals surface area (Å²) in [4.78, 5) is 0. The molecule has 1 saturated carbocycles. The van der Waals surface area contributed by atoms with E-state index in [0.717, 1.165) is 23.8 Å². The lowest BCUT2D eigenvalue weighted by Gasteiger charge is -2.32. The summed E-state index contributed by atoms with van der Waals surface area (Å²) in [5.41, 5.74) is 1.09. The molecule has 1 aromatic carbocycles. The first-order chi connectivity index (χ1) is 9.63. The maximum atomic E-state index is 13.7.